The molecule has 0 saturated carbocycles. The van der Waals surface area contributed by atoms with Crippen LogP contribution in [0.2, 0.25) is 0 Å². The smallest absolute Gasteiger partial charge is 0.0945 e. The van der Waals surface area contributed by atoms with Crippen LogP contribution in [0, 0.1) is 0 Å². The second-order valence-corrected chi connectivity index (χ2v) is 5.68. The van der Waals surface area contributed by atoms with Gasteiger partial charge in [-0.15, -0.1) is 11.8 Å². The zero-order valence-electron chi connectivity index (χ0n) is 9.34. The Labute approximate surface area is 114 Å². The van der Waals surface area contributed by atoms with Gasteiger partial charge in [0.15, 0.2) is 0 Å². The van der Waals surface area contributed by atoms with Crippen LogP contribution in [0.25, 0.3) is 0 Å². The van der Waals surface area contributed by atoms with E-state index in [9.17, 15) is 0 Å². The molecule has 17 heavy (non-hydrogen) atoms. The molecule has 0 aliphatic rings. The van der Waals surface area contributed by atoms with E-state index in [4.69, 9.17) is 5.73 Å². The van der Waals surface area contributed by atoms with Crippen molar-refractivity contribution in [2.24, 2.45) is 0 Å². The van der Waals surface area contributed by atoms with Gasteiger partial charge in [0.2, 0.25) is 0 Å². The number of aromatic nitrogens is 2. The van der Waals surface area contributed by atoms with Crippen molar-refractivity contribution in [3.63, 3.8) is 0 Å². The Morgan fingerprint density at radius 2 is 2.29 bits per heavy atom. The summed E-state index contributed by atoms with van der Waals surface area (Å²) in [6.45, 7) is 1.01. The van der Waals surface area contributed by atoms with Crippen LogP contribution in [0.1, 0.15) is 6.42 Å². The minimum absolute atomic E-state index is 0.791. The van der Waals surface area contributed by atoms with Crippen molar-refractivity contribution < 1.29 is 0 Å². The van der Waals surface area contributed by atoms with E-state index >= 15 is 0 Å². The summed E-state index contributed by atoms with van der Waals surface area (Å²) in [5, 5.41) is 0. The molecule has 0 saturated heterocycles. The van der Waals surface area contributed by atoms with Crippen LogP contribution < -0.4 is 5.73 Å². The summed E-state index contributed by atoms with van der Waals surface area (Å²) in [4.78, 5) is 5.26. The van der Waals surface area contributed by atoms with Gasteiger partial charge < -0.3 is 10.3 Å². The third kappa shape index (κ3) is 3.78. The maximum Gasteiger partial charge on any atom is 0.0945 e. The van der Waals surface area contributed by atoms with Gasteiger partial charge in [-0.3, -0.25) is 0 Å². The van der Waals surface area contributed by atoms with E-state index in [1.165, 1.54) is 4.90 Å². The molecule has 0 aliphatic heterocycles. The summed E-state index contributed by atoms with van der Waals surface area (Å²) in [6.07, 6.45) is 6.77. The molecule has 2 rings (SSSR count). The normalized spacial score (nSPS) is 10.6. The van der Waals surface area contributed by atoms with Crippen LogP contribution in [0.4, 0.5) is 5.69 Å². The first kappa shape index (κ1) is 12.5. The van der Waals surface area contributed by atoms with Crippen molar-refractivity contribution in [3.05, 3.63) is 41.4 Å². The fraction of sp³-hybridized carbons (Fsp3) is 0.250. The molecule has 2 aromatic rings. The molecule has 0 fully saturated rings. The second-order valence-electron chi connectivity index (χ2n) is 3.69. The van der Waals surface area contributed by atoms with Crippen molar-refractivity contribution in [3.8, 4) is 0 Å². The Balaban J connectivity index is 1.78. The number of nitrogen functional groups attached to an aromatic ring is 1. The highest BCUT2D eigenvalue weighted by Crippen LogP contribution is 2.29. The highest BCUT2D eigenvalue weighted by atomic mass is 79.9. The van der Waals surface area contributed by atoms with Gasteiger partial charge in [0, 0.05) is 34.0 Å². The molecular weight excluding hydrogens is 298 g/mol. The zero-order chi connectivity index (χ0) is 12.1. The fourth-order valence-electron chi connectivity index (χ4n) is 1.48. The van der Waals surface area contributed by atoms with Crippen LogP contribution in [-0.4, -0.2) is 15.3 Å². The molecule has 0 aliphatic carbocycles. The molecule has 0 atom stereocenters. The van der Waals surface area contributed by atoms with Crippen LogP contribution in [0.5, 0.6) is 0 Å². The summed E-state index contributed by atoms with van der Waals surface area (Å²) < 4.78 is 3.17. The van der Waals surface area contributed by atoms with Gasteiger partial charge in [0.1, 0.15) is 0 Å². The molecular formula is C12H14BrN3S. The molecule has 90 valence electrons. The van der Waals surface area contributed by atoms with Crippen LogP contribution in [-0.2, 0) is 6.54 Å². The number of nitrogens with zero attached hydrogens (tertiary/aromatic N) is 2. The minimum Gasteiger partial charge on any atom is -0.399 e. The molecule has 5 heteroatoms. The molecule has 0 radical (unpaired) electrons. The molecule has 1 aromatic heterocycles. The van der Waals surface area contributed by atoms with Crippen molar-refractivity contribution in [1.82, 2.24) is 9.55 Å². The summed E-state index contributed by atoms with van der Waals surface area (Å²) >= 11 is 5.36. The van der Waals surface area contributed by atoms with Gasteiger partial charge in [-0.05, 0) is 46.3 Å². The predicted molar refractivity (Wildman–Crippen MR) is 76.1 cm³/mol. The third-order valence-corrected chi connectivity index (χ3v) is 4.41. The topological polar surface area (TPSA) is 43.8 Å². The third-order valence-electron chi connectivity index (χ3n) is 2.33. The van der Waals surface area contributed by atoms with Crippen molar-refractivity contribution in [2.75, 3.05) is 11.5 Å². The second kappa shape index (κ2) is 6.12. The van der Waals surface area contributed by atoms with E-state index in [1.54, 1.807) is 0 Å². The number of nitrogens with two attached hydrogens (primary N) is 1. The molecule has 1 heterocycles. The highest BCUT2D eigenvalue weighted by Gasteiger charge is 2.00. The first-order valence-electron chi connectivity index (χ1n) is 5.39. The van der Waals surface area contributed by atoms with Gasteiger partial charge in [0.05, 0.1) is 6.33 Å². The number of hydrogen-bond acceptors (Lipinski definition) is 3. The number of imidazole rings is 1. The lowest BCUT2D eigenvalue weighted by Crippen LogP contribution is -1.95. The van der Waals surface area contributed by atoms with Gasteiger partial charge in [-0.1, -0.05) is 0 Å². The average molecular weight is 312 g/mol. The summed E-state index contributed by atoms with van der Waals surface area (Å²) in [5.41, 5.74) is 6.49. The molecule has 3 nitrogen and oxygen atoms in total. The Morgan fingerprint density at radius 3 is 3.00 bits per heavy atom. The Hall–Kier alpha value is -0.940. The van der Waals surface area contributed by atoms with E-state index in [2.05, 4.69) is 31.5 Å². The van der Waals surface area contributed by atoms with Crippen LogP contribution in [0.3, 0.4) is 0 Å². The molecule has 0 amide bonds. The summed E-state index contributed by atoms with van der Waals surface area (Å²) in [7, 11) is 0. The average Bonchev–Trinajstić information content (AvgIpc) is 2.79. The SMILES string of the molecule is Nc1ccc(SCCCn2ccnc2)c(Br)c1. The lowest BCUT2D eigenvalue weighted by Gasteiger charge is -2.05. The van der Waals surface area contributed by atoms with Gasteiger partial charge in [0.25, 0.3) is 0 Å². The van der Waals surface area contributed by atoms with Gasteiger partial charge in [-0.25, -0.2) is 4.98 Å². The fourth-order valence-corrected chi connectivity index (χ4v) is 3.08. The number of anilines is 1. The number of halogens is 1. The first-order valence-corrected chi connectivity index (χ1v) is 7.17. The maximum atomic E-state index is 5.70. The number of rotatable bonds is 5. The molecule has 0 spiro atoms. The standard InChI is InChI=1S/C12H14BrN3S/c13-11-8-10(14)2-3-12(11)17-7-1-5-16-6-4-15-9-16/h2-4,6,8-9H,1,5,7,14H2. The van der Waals surface area contributed by atoms with E-state index in [0.717, 1.165) is 28.9 Å². The Morgan fingerprint density at radius 1 is 1.41 bits per heavy atom. The molecule has 0 bridgehead atoms. The van der Waals surface area contributed by atoms with Gasteiger partial charge >= 0.3 is 0 Å². The monoisotopic (exact) mass is 311 g/mol. The van der Waals surface area contributed by atoms with E-state index < -0.39 is 0 Å². The first-order chi connectivity index (χ1) is 8.25. The molecule has 0 unspecified atom stereocenters. The lowest BCUT2D eigenvalue weighted by molar-refractivity contribution is 0.683. The Kier molecular flexibility index (Phi) is 4.50. The molecule has 2 N–H and O–H groups in total. The Bertz CT molecular complexity index is 471. The number of aryl methyl sites for hydroxylation is 1. The van der Waals surface area contributed by atoms with Crippen molar-refractivity contribution >= 4 is 33.4 Å². The van der Waals surface area contributed by atoms with Crippen LogP contribution >= 0.6 is 27.7 Å². The van der Waals surface area contributed by atoms with E-state index in [1.807, 2.05) is 42.6 Å². The predicted octanol–water partition coefficient (Wildman–Crippen LogP) is 3.41. The van der Waals surface area contributed by atoms with E-state index in [-0.39, 0.29) is 0 Å². The number of benzene rings is 1. The largest absolute Gasteiger partial charge is 0.399 e. The summed E-state index contributed by atoms with van der Waals surface area (Å²) in [5.74, 6) is 1.08. The summed E-state index contributed by atoms with van der Waals surface area (Å²) in [6, 6.07) is 5.93. The van der Waals surface area contributed by atoms with E-state index in [0.29, 0.717) is 0 Å². The number of thioether (sulfide) groups is 1. The number of hydrogen-bond donors (Lipinski definition) is 1. The highest BCUT2D eigenvalue weighted by molar-refractivity contribution is 9.10. The lowest BCUT2D eigenvalue weighted by atomic mass is 10.3. The van der Waals surface area contributed by atoms with Crippen molar-refractivity contribution in [2.45, 2.75) is 17.9 Å². The maximum absolute atomic E-state index is 5.70. The quantitative estimate of drug-likeness (QED) is 0.523. The van der Waals surface area contributed by atoms with Gasteiger partial charge in [-0.2, -0.15) is 0 Å². The van der Waals surface area contributed by atoms with Crippen LogP contribution in [0.15, 0.2) is 46.3 Å². The van der Waals surface area contributed by atoms with Crippen molar-refractivity contribution in [1.29, 1.82) is 0 Å². The minimum atomic E-state index is 0.791. The molecule has 1 aromatic carbocycles. The zero-order valence-corrected chi connectivity index (χ0v) is 11.7.